The lowest BCUT2D eigenvalue weighted by Gasteiger charge is -2.36. The van der Waals surface area contributed by atoms with Gasteiger partial charge in [0.05, 0.1) is 16.8 Å². The predicted molar refractivity (Wildman–Crippen MR) is 124 cm³/mol. The van der Waals surface area contributed by atoms with Crippen LogP contribution in [0.2, 0.25) is 0 Å². The Balaban J connectivity index is 1.76. The van der Waals surface area contributed by atoms with Crippen LogP contribution in [-0.2, 0) is 11.2 Å². The molecule has 1 aromatic carbocycles. The van der Waals surface area contributed by atoms with E-state index in [-0.39, 0.29) is 5.91 Å². The average molecular weight is 441 g/mol. The SMILES string of the molecule is Cc1nn(-c2ccccc2)c2nc(CC(C)C)nc(N3CCN(C(=O)C(C)Cl)CC3)c12. The Morgan fingerprint density at radius 3 is 2.35 bits per heavy atom. The second-order valence-corrected chi connectivity index (χ2v) is 9.18. The number of fused-ring (bicyclic) bond motifs is 1. The molecule has 31 heavy (non-hydrogen) atoms. The van der Waals surface area contributed by atoms with Crippen LogP contribution in [0.3, 0.4) is 0 Å². The smallest absolute Gasteiger partial charge is 0.240 e. The summed E-state index contributed by atoms with van der Waals surface area (Å²) in [4.78, 5) is 26.2. The van der Waals surface area contributed by atoms with Crippen molar-refractivity contribution in [3.8, 4) is 5.69 Å². The third kappa shape index (κ3) is 4.37. The molecule has 2 aromatic heterocycles. The first-order chi connectivity index (χ1) is 14.8. The minimum atomic E-state index is -0.499. The molecule has 1 amide bonds. The van der Waals surface area contributed by atoms with Gasteiger partial charge in [-0.15, -0.1) is 11.6 Å². The Morgan fingerprint density at radius 2 is 1.74 bits per heavy atom. The molecule has 0 bridgehead atoms. The number of anilines is 1. The van der Waals surface area contributed by atoms with E-state index < -0.39 is 5.38 Å². The maximum atomic E-state index is 12.3. The summed E-state index contributed by atoms with van der Waals surface area (Å²) in [6.07, 6.45) is 0.796. The molecular weight excluding hydrogens is 412 g/mol. The number of hydrogen-bond donors (Lipinski definition) is 0. The summed E-state index contributed by atoms with van der Waals surface area (Å²) in [6.45, 7) is 10.8. The number of aryl methyl sites for hydroxylation is 1. The number of nitrogens with zero attached hydrogens (tertiary/aromatic N) is 6. The molecule has 1 aliphatic rings. The second kappa shape index (κ2) is 8.83. The van der Waals surface area contributed by atoms with Crippen LogP contribution < -0.4 is 4.90 Å². The molecule has 7 nitrogen and oxygen atoms in total. The van der Waals surface area contributed by atoms with Gasteiger partial charge < -0.3 is 9.80 Å². The highest BCUT2D eigenvalue weighted by atomic mass is 35.5. The number of benzene rings is 1. The van der Waals surface area contributed by atoms with Gasteiger partial charge in [-0.25, -0.2) is 14.6 Å². The van der Waals surface area contributed by atoms with E-state index in [0.29, 0.717) is 32.1 Å². The number of hydrogen-bond acceptors (Lipinski definition) is 5. The minimum absolute atomic E-state index is 0.0114. The van der Waals surface area contributed by atoms with Crippen LogP contribution >= 0.6 is 11.6 Å². The van der Waals surface area contributed by atoms with Crippen LogP contribution in [0.4, 0.5) is 5.82 Å². The molecule has 0 spiro atoms. The van der Waals surface area contributed by atoms with Crippen molar-refractivity contribution < 1.29 is 4.79 Å². The zero-order chi connectivity index (χ0) is 22.1. The largest absolute Gasteiger partial charge is 0.352 e. The summed E-state index contributed by atoms with van der Waals surface area (Å²) in [7, 11) is 0. The van der Waals surface area contributed by atoms with E-state index in [1.54, 1.807) is 6.92 Å². The third-order valence-electron chi connectivity index (χ3n) is 5.55. The summed E-state index contributed by atoms with van der Waals surface area (Å²) < 4.78 is 1.91. The molecule has 1 saturated heterocycles. The van der Waals surface area contributed by atoms with Crippen LogP contribution in [-0.4, -0.2) is 62.1 Å². The fourth-order valence-corrected chi connectivity index (χ4v) is 4.17. The normalized spacial score (nSPS) is 15.7. The van der Waals surface area contributed by atoms with Gasteiger partial charge in [-0.3, -0.25) is 4.79 Å². The highest BCUT2D eigenvalue weighted by Crippen LogP contribution is 2.30. The van der Waals surface area contributed by atoms with Crippen molar-refractivity contribution in [2.75, 3.05) is 31.1 Å². The first-order valence-corrected chi connectivity index (χ1v) is 11.3. The molecule has 1 unspecified atom stereocenters. The lowest BCUT2D eigenvalue weighted by Crippen LogP contribution is -2.50. The number of piperazine rings is 1. The van der Waals surface area contributed by atoms with Gasteiger partial charge in [0.15, 0.2) is 5.65 Å². The summed E-state index contributed by atoms with van der Waals surface area (Å²) in [5, 5.41) is 5.28. The number of rotatable bonds is 5. The van der Waals surface area contributed by atoms with Gasteiger partial charge in [-0.2, -0.15) is 5.10 Å². The van der Waals surface area contributed by atoms with Gasteiger partial charge in [-0.1, -0.05) is 32.0 Å². The number of para-hydroxylation sites is 1. The number of aromatic nitrogens is 4. The zero-order valence-corrected chi connectivity index (χ0v) is 19.3. The monoisotopic (exact) mass is 440 g/mol. The van der Waals surface area contributed by atoms with E-state index >= 15 is 0 Å². The zero-order valence-electron chi connectivity index (χ0n) is 18.5. The standard InChI is InChI=1S/C23H29ClN6O/c1-15(2)14-19-25-21(28-10-12-29(13-11-28)23(31)16(3)24)20-17(4)27-30(22(20)26-19)18-8-6-5-7-9-18/h5-9,15-16H,10-14H2,1-4H3. The van der Waals surface area contributed by atoms with E-state index in [1.807, 2.05) is 46.8 Å². The number of carbonyl (C=O) groups is 1. The van der Waals surface area contributed by atoms with Gasteiger partial charge in [0.25, 0.3) is 0 Å². The van der Waals surface area contributed by atoms with E-state index in [1.165, 1.54) is 0 Å². The van der Waals surface area contributed by atoms with Crippen LogP contribution in [0, 0.1) is 12.8 Å². The maximum Gasteiger partial charge on any atom is 0.240 e. The number of carbonyl (C=O) groups excluding carboxylic acids is 1. The van der Waals surface area contributed by atoms with Crippen molar-refractivity contribution in [1.29, 1.82) is 0 Å². The first kappa shape index (κ1) is 21.6. The molecule has 0 saturated carbocycles. The second-order valence-electron chi connectivity index (χ2n) is 8.52. The van der Waals surface area contributed by atoms with E-state index in [2.05, 4.69) is 18.7 Å². The fourth-order valence-electron chi connectivity index (χ4n) is 4.03. The molecule has 3 heterocycles. The first-order valence-electron chi connectivity index (χ1n) is 10.8. The molecule has 1 fully saturated rings. The molecule has 0 radical (unpaired) electrons. The number of halogens is 1. The lowest BCUT2D eigenvalue weighted by atomic mass is 10.1. The molecule has 0 N–H and O–H groups in total. The number of amides is 1. The van der Waals surface area contributed by atoms with Crippen molar-refractivity contribution >= 4 is 34.4 Å². The van der Waals surface area contributed by atoms with Gasteiger partial charge in [0, 0.05) is 32.6 Å². The lowest BCUT2D eigenvalue weighted by molar-refractivity contribution is -0.130. The van der Waals surface area contributed by atoms with Crippen LogP contribution in [0.1, 0.15) is 32.3 Å². The van der Waals surface area contributed by atoms with Crippen LogP contribution in [0.5, 0.6) is 0 Å². The fraction of sp³-hybridized carbons (Fsp3) is 0.478. The molecule has 3 aromatic rings. The highest BCUT2D eigenvalue weighted by molar-refractivity contribution is 6.30. The molecule has 1 atom stereocenters. The quantitative estimate of drug-likeness (QED) is 0.567. The predicted octanol–water partition coefficient (Wildman–Crippen LogP) is 3.60. The van der Waals surface area contributed by atoms with Gasteiger partial charge >= 0.3 is 0 Å². The van der Waals surface area contributed by atoms with E-state index in [0.717, 1.165) is 40.5 Å². The Bertz CT molecular complexity index is 1070. The van der Waals surface area contributed by atoms with Crippen molar-refractivity contribution in [1.82, 2.24) is 24.6 Å². The van der Waals surface area contributed by atoms with Crippen molar-refractivity contribution in [2.24, 2.45) is 5.92 Å². The molecule has 0 aliphatic carbocycles. The van der Waals surface area contributed by atoms with E-state index in [9.17, 15) is 4.79 Å². The summed E-state index contributed by atoms with van der Waals surface area (Å²) in [6, 6.07) is 10.1. The van der Waals surface area contributed by atoms with Crippen molar-refractivity contribution in [2.45, 2.75) is 39.5 Å². The third-order valence-corrected chi connectivity index (χ3v) is 5.74. The Labute approximate surface area is 188 Å². The summed E-state index contributed by atoms with van der Waals surface area (Å²) in [5.74, 6) is 2.16. The Hall–Kier alpha value is -2.67. The average Bonchev–Trinajstić information content (AvgIpc) is 3.09. The minimum Gasteiger partial charge on any atom is -0.352 e. The Kier molecular flexibility index (Phi) is 6.14. The molecule has 8 heteroatoms. The van der Waals surface area contributed by atoms with Crippen LogP contribution in [0.15, 0.2) is 30.3 Å². The molecular formula is C23H29ClN6O. The van der Waals surface area contributed by atoms with Gasteiger partial charge in [-0.05, 0) is 31.9 Å². The Morgan fingerprint density at radius 1 is 1.06 bits per heavy atom. The maximum absolute atomic E-state index is 12.3. The summed E-state index contributed by atoms with van der Waals surface area (Å²) >= 11 is 6.01. The molecule has 4 rings (SSSR count). The molecule has 164 valence electrons. The highest BCUT2D eigenvalue weighted by Gasteiger charge is 2.27. The molecule has 1 aliphatic heterocycles. The van der Waals surface area contributed by atoms with Gasteiger partial charge in [0.1, 0.15) is 17.0 Å². The summed E-state index contributed by atoms with van der Waals surface area (Å²) in [5.41, 5.74) is 2.71. The topological polar surface area (TPSA) is 67.2 Å². The van der Waals surface area contributed by atoms with Crippen molar-refractivity contribution in [3.05, 3.63) is 41.9 Å². The number of alkyl halides is 1. The van der Waals surface area contributed by atoms with E-state index in [4.69, 9.17) is 26.7 Å². The van der Waals surface area contributed by atoms with Gasteiger partial charge in [0.2, 0.25) is 5.91 Å². The van der Waals surface area contributed by atoms with Crippen molar-refractivity contribution in [3.63, 3.8) is 0 Å². The van der Waals surface area contributed by atoms with Crippen LogP contribution in [0.25, 0.3) is 16.7 Å².